The lowest BCUT2D eigenvalue weighted by Crippen LogP contribution is -2.09. The number of ether oxygens (including phenoxy) is 3. The number of hydrogen-bond donors (Lipinski definition) is 1. The summed E-state index contributed by atoms with van der Waals surface area (Å²) in [4.78, 5) is 14.8. The number of aromatic nitrogens is 1. The molecule has 1 aromatic rings. The van der Waals surface area contributed by atoms with Crippen LogP contribution in [0.3, 0.4) is 0 Å². The number of hydrogen-bond acceptors (Lipinski definition) is 5. The number of carboxylic acids is 1. The van der Waals surface area contributed by atoms with E-state index in [1.54, 1.807) is 13.2 Å². The van der Waals surface area contributed by atoms with Gasteiger partial charge in [0.1, 0.15) is 18.1 Å². The molecule has 0 saturated heterocycles. The van der Waals surface area contributed by atoms with Gasteiger partial charge in [-0.2, -0.15) is 0 Å². The molecule has 1 aromatic heterocycles. The number of methoxy groups -OCH3 is 1. The SMILES string of the molecule is COCCCOCCOc1ccc(C)nc1/C=C/C(=O)O. The first kappa shape index (κ1) is 17.1. The highest BCUT2D eigenvalue weighted by Gasteiger charge is 2.04. The highest BCUT2D eigenvalue weighted by molar-refractivity contribution is 5.85. The van der Waals surface area contributed by atoms with Crippen LogP contribution in [0.25, 0.3) is 6.08 Å². The fourth-order valence-corrected chi connectivity index (χ4v) is 1.57. The van der Waals surface area contributed by atoms with E-state index in [1.807, 2.05) is 13.0 Å². The predicted molar refractivity (Wildman–Crippen MR) is 78.5 cm³/mol. The molecule has 0 saturated carbocycles. The smallest absolute Gasteiger partial charge is 0.328 e. The van der Waals surface area contributed by atoms with Crippen LogP contribution in [0.15, 0.2) is 18.2 Å². The molecule has 21 heavy (non-hydrogen) atoms. The lowest BCUT2D eigenvalue weighted by atomic mass is 10.2. The summed E-state index contributed by atoms with van der Waals surface area (Å²) in [7, 11) is 1.65. The minimum atomic E-state index is -1.02. The number of aryl methyl sites for hydroxylation is 1. The molecule has 0 amide bonds. The van der Waals surface area contributed by atoms with E-state index in [0.717, 1.165) is 18.2 Å². The highest BCUT2D eigenvalue weighted by Crippen LogP contribution is 2.18. The topological polar surface area (TPSA) is 77.9 Å². The monoisotopic (exact) mass is 295 g/mol. The summed E-state index contributed by atoms with van der Waals surface area (Å²) >= 11 is 0. The molecule has 1 heterocycles. The lowest BCUT2D eigenvalue weighted by Gasteiger charge is -2.09. The van der Waals surface area contributed by atoms with Gasteiger partial charge in [0.25, 0.3) is 0 Å². The van der Waals surface area contributed by atoms with Crippen molar-refractivity contribution in [2.24, 2.45) is 0 Å². The molecule has 6 nitrogen and oxygen atoms in total. The second kappa shape index (κ2) is 9.90. The zero-order valence-corrected chi connectivity index (χ0v) is 12.4. The number of carboxylic acid groups (broad SMARTS) is 1. The molecular weight excluding hydrogens is 274 g/mol. The van der Waals surface area contributed by atoms with Crippen molar-refractivity contribution in [2.45, 2.75) is 13.3 Å². The maximum atomic E-state index is 10.6. The van der Waals surface area contributed by atoms with Gasteiger partial charge in [-0.3, -0.25) is 0 Å². The number of nitrogens with zero attached hydrogens (tertiary/aromatic N) is 1. The van der Waals surface area contributed by atoms with Crippen LogP contribution in [-0.2, 0) is 14.3 Å². The van der Waals surface area contributed by atoms with E-state index < -0.39 is 5.97 Å². The van der Waals surface area contributed by atoms with Gasteiger partial charge in [-0.1, -0.05) is 0 Å². The molecule has 0 aromatic carbocycles. The van der Waals surface area contributed by atoms with E-state index >= 15 is 0 Å². The summed E-state index contributed by atoms with van der Waals surface area (Å²) in [6, 6.07) is 3.58. The van der Waals surface area contributed by atoms with E-state index in [9.17, 15) is 4.79 Å². The molecule has 0 aliphatic heterocycles. The Morgan fingerprint density at radius 3 is 2.81 bits per heavy atom. The number of rotatable bonds is 10. The standard InChI is InChI=1S/C15H21NO5/c1-12-4-6-14(13(16-12)5-7-15(17)18)21-11-10-20-9-3-8-19-2/h4-7H,3,8-11H2,1-2H3,(H,17,18)/b7-5+. The first-order valence-corrected chi connectivity index (χ1v) is 6.71. The maximum Gasteiger partial charge on any atom is 0.328 e. The molecule has 0 bridgehead atoms. The van der Waals surface area contributed by atoms with Crippen molar-refractivity contribution >= 4 is 12.0 Å². The third-order valence-electron chi connectivity index (χ3n) is 2.53. The summed E-state index contributed by atoms with van der Waals surface area (Å²) in [5.74, 6) is -0.482. The van der Waals surface area contributed by atoms with Crippen LogP contribution in [0.5, 0.6) is 5.75 Å². The van der Waals surface area contributed by atoms with Crippen LogP contribution in [0.1, 0.15) is 17.8 Å². The van der Waals surface area contributed by atoms with E-state index in [-0.39, 0.29) is 0 Å². The minimum absolute atomic E-state index is 0.381. The summed E-state index contributed by atoms with van der Waals surface area (Å²) in [5, 5.41) is 8.67. The van der Waals surface area contributed by atoms with Crippen LogP contribution in [-0.4, -0.2) is 49.6 Å². The fraction of sp³-hybridized carbons (Fsp3) is 0.467. The largest absolute Gasteiger partial charge is 0.489 e. The first-order valence-electron chi connectivity index (χ1n) is 6.71. The molecule has 0 fully saturated rings. The second-order valence-electron chi connectivity index (χ2n) is 4.31. The van der Waals surface area contributed by atoms with Crippen molar-refractivity contribution in [1.29, 1.82) is 0 Å². The first-order chi connectivity index (χ1) is 10.1. The number of carbonyl (C=O) groups is 1. The Hall–Kier alpha value is -1.92. The molecule has 1 rings (SSSR count). The third-order valence-corrected chi connectivity index (χ3v) is 2.53. The van der Waals surface area contributed by atoms with Crippen molar-refractivity contribution < 1.29 is 24.1 Å². The van der Waals surface area contributed by atoms with Crippen LogP contribution in [0, 0.1) is 6.92 Å². The van der Waals surface area contributed by atoms with Gasteiger partial charge < -0.3 is 19.3 Å². The van der Waals surface area contributed by atoms with Crippen LogP contribution in [0.4, 0.5) is 0 Å². The predicted octanol–water partition coefficient (Wildman–Crippen LogP) is 1.92. The Morgan fingerprint density at radius 2 is 2.10 bits per heavy atom. The van der Waals surface area contributed by atoms with Crippen LogP contribution in [0.2, 0.25) is 0 Å². The van der Waals surface area contributed by atoms with Crippen molar-refractivity contribution in [2.75, 3.05) is 33.5 Å². The van der Waals surface area contributed by atoms with Gasteiger partial charge in [-0.05, 0) is 31.6 Å². The van der Waals surface area contributed by atoms with Gasteiger partial charge in [0, 0.05) is 32.1 Å². The van der Waals surface area contributed by atoms with Crippen molar-refractivity contribution in [3.8, 4) is 5.75 Å². The summed E-state index contributed by atoms with van der Waals surface area (Å²) in [5.41, 5.74) is 1.29. The Morgan fingerprint density at radius 1 is 1.29 bits per heavy atom. The summed E-state index contributed by atoms with van der Waals surface area (Å²) in [6.45, 7) is 3.97. The van der Waals surface area contributed by atoms with Gasteiger partial charge in [0.15, 0.2) is 0 Å². The normalized spacial score (nSPS) is 11.0. The third kappa shape index (κ3) is 7.43. The Kier molecular flexibility index (Phi) is 8.08. The molecule has 0 aliphatic carbocycles. The zero-order valence-electron chi connectivity index (χ0n) is 12.4. The van der Waals surface area contributed by atoms with E-state index in [2.05, 4.69) is 4.98 Å². The Bertz CT molecular complexity index is 473. The molecule has 116 valence electrons. The lowest BCUT2D eigenvalue weighted by molar-refractivity contribution is -0.131. The van der Waals surface area contributed by atoms with Gasteiger partial charge >= 0.3 is 5.97 Å². The van der Waals surface area contributed by atoms with E-state index in [4.69, 9.17) is 19.3 Å². The van der Waals surface area contributed by atoms with Crippen LogP contribution < -0.4 is 4.74 Å². The average molecular weight is 295 g/mol. The van der Waals surface area contributed by atoms with Gasteiger partial charge in [0.2, 0.25) is 0 Å². The van der Waals surface area contributed by atoms with Gasteiger partial charge in [-0.25, -0.2) is 9.78 Å². The number of aliphatic carboxylic acids is 1. The molecule has 6 heteroatoms. The molecule has 0 aliphatic rings. The fourth-order valence-electron chi connectivity index (χ4n) is 1.57. The van der Waals surface area contributed by atoms with Crippen LogP contribution >= 0.6 is 0 Å². The van der Waals surface area contributed by atoms with E-state index in [0.29, 0.717) is 37.9 Å². The minimum Gasteiger partial charge on any atom is -0.489 e. The Balaban J connectivity index is 2.45. The average Bonchev–Trinajstić information content (AvgIpc) is 2.45. The second-order valence-corrected chi connectivity index (χ2v) is 4.31. The molecule has 0 atom stereocenters. The highest BCUT2D eigenvalue weighted by atomic mass is 16.5. The molecular formula is C15H21NO5. The van der Waals surface area contributed by atoms with E-state index in [1.165, 1.54) is 6.08 Å². The quantitative estimate of drug-likeness (QED) is 0.525. The zero-order chi connectivity index (χ0) is 15.5. The molecule has 0 spiro atoms. The molecule has 1 N–H and O–H groups in total. The molecule has 0 unspecified atom stereocenters. The van der Waals surface area contributed by atoms with Crippen molar-refractivity contribution in [1.82, 2.24) is 4.98 Å². The number of pyridine rings is 1. The Labute approximate surface area is 124 Å². The van der Waals surface area contributed by atoms with Crippen molar-refractivity contribution in [3.63, 3.8) is 0 Å². The molecule has 0 radical (unpaired) electrons. The maximum absolute atomic E-state index is 10.6. The van der Waals surface area contributed by atoms with Crippen molar-refractivity contribution in [3.05, 3.63) is 29.6 Å². The summed E-state index contributed by atoms with van der Waals surface area (Å²) < 4.78 is 15.9. The van der Waals surface area contributed by atoms with Gasteiger partial charge in [-0.15, -0.1) is 0 Å². The van der Waals surface area contributed by atoms with Gasteiger partial charge in [0.05, 0.1) is 6.61 Å². The summed E-state index contributed by atoms with van der Waals surface area (Å²) in [6.07, 6.45) is 3.30.